The fourth-order valence-electron chi connectivity index (χ4n) is 1.97. The number of hydrogen-bond acceptors (Lipinski definition) is 4. The first-order valence-corrected chi connectivity index (χ1v) is 7.93. The average Bonchev–Trinajstić information content (AvgIpc) is 2.26. The van der Waals surface area contributed by atoms with Gasteiger partial charge in [-0.05, 0) is 33.6 Å². The Labute approximate surface area is 115 Å². The molecular weight excluding hydrogens is 268 g/mol. The Balaban J connectivity index is 2.73. The highest BCUT2D eigenvalue weighted by atomic mass is 32.2. The summed E-state index contributed by atoms with van der Waals surface area (Å²) in [7, 11) is -0.295. The van der Waals surface area contributed by atoms with E-state index in [0.29, 0.717) is 19.4 Å². The molecule has 0 aromatic carbocycles. The Kier molecular flexibility index (Phi) is 4.84. The molecule has 0 aliphatic carbocycles. The van der Waals surface area contributed by atoms with Crippen LogP contribution < -0.4 is 0 Å². The molecule has 1 saturated heterocycles. The van der Waals surface area contributed by atoms with Crippen LogP contribution in [0.15, 0.2) is 0 Å². The molecule has 1 amide bonds. The lowest BCUT2D eigenvalue weighted by atomic mass is 10.1. The summed E-state index contributed by atoms with van der Waals surface area (Å²) in [4.78, 5) is 13.4. The Morgan fingerprint density at radius 3 is 2.37 bits per heavy atom. The van der Waals surface area contributed by atoms with Crippen LogP contribution in [0.2, 0.25) is 0 Å². The number of amides is 1. The van der Waals surface area contributed by atoms with E-state index < -0.39 is 27.0 Å². The van der Waals surface area contributed by atoms with Gasteiger partial charge in [0.05, 0.1) is 5.25 Å². The number of piperidine rings is 1. The first-order valence-electron chi connectivity index (χ1n) is 6.43. The van der Waals surface area contributed by atoms with Crippen LogP contribution in [0, 0.1) is 0 Å². The zero-order chi connectivity index (χ0) is 14.8. The van der Waals surface area contributed by atoms with E-state index in [0.717, 1.165) is 0 Å². The third kappa shape index (κ3) is 4.35. The largest absolute Gasteiger partial charge is 0.444 e. The molecule has 0 bridgehead atoms. The van der Waals surface area contributed by atoms with E-state index in [1.807, 2.05) is 0 Å². The van der Waals surface area contributed by atoms with Gasteiger partial charge in [0.25, 0.3) is 0 Å². The summed E-state index contributed by atoms with van der Waals surface area (Å²) < 4.78 is 30.7. The summed E-state index contributed by atoms with van der Waals surface area (Å²) >= 11 is 0. The zero-order valence-corrected chi connectivity index (χ0v) is 13.2. The lowest BCUT2D eigenvalue weighted by Gasteiger charge is -2.34. The van der Waals surface area contributed by atoms with Gasteiger partial charge in [0.2, 0.25) is 10.0 Å². The molecule has 0 aromatic heterocycles. The second-order valence-corrected chi connectivity index (χ2v) is 8.44. The van der Waals surface area contributed by atoms with Gasteiger partial charge in [-0.15, -0.1) is 0 Å². The monoisotopic (exact) mass is 292 g/mol. The molecule has 1 unspecified atom stereocenters. The molecule has 19 heavy (non-hydrogen) atoms. The highest BCUT2D eigenvalue weighted by Crippen LogP contribution is 2.21. The minimum atomic E-state index is -3.33. The number of hydrogen-bond donors (Lipinski definition) is 0. The number of carbonyl (C=O) groups excluding carboxylic acids is 1. The molecule has 0 spiro atoms. The molecule has 0 aromatic rings. The van der Waals surface area contributed by atoms with E-state index in [9.17, 15) is 13.2 Å². The van der Waals surface area contributed by atoms with Gasteiger partial charge in [0.15, 0.2) is 0 Å². The Bertz CT molecular complexity index is 426. The minimum absolute atomic E-state index is 0.204. The summed E-state index contributed by atoms with van der Waals surface area (Å²) in [5.74, 6) is 0. The first kappa shape index (κ1) is 16.2. The van der Waals surface area contributed by atoms with Gasteiger partial charge in [-0.25, -0.2) is 17.5 Å². The van der Waals surface area contributed by atoms with Crippen molar-refractivity contribution in [3.63, 3.8) is 0 Å². The van der Waals surface area contributed by atoms with Gasteiger partial charge >= 0.3 is 6.09 Å². The molecular formula is C12H24N2O4S. The standard InChI is InChI=1S/C12H24N2O4S/c1-12(2,3)18-11(15)14-8-6-7-10(9-14)19(16,17)13(4)5/h10H,6-9H2,1-5H3. The number of carbonyl (C=O) groups is 1. The molecule has 0 N–H and O–H groups in total. The molecule has 1 atom stereocenters. The summed E-state index contributed by atoms with van der Waals surface area (Å²) in [6.07, 6.45) is 0.822. The molecule has 1 aliphatic rings. The highest BCUT2D eigenvalue weighted by Gasteiger charge is 2.35. The van der Waals surface area contributed by atoms with Crippen molar-refractivity contribution < 1.29 is 17.9 Å². The fraction of sp³-hybridized carbons (Fsp3) is 0.917. The van der Waals surface area contributed by atoms with Crippen molar-refractivity contribution in [3.8, 4) is 0 Å². The number of likely N-dealkylation sites (tertiary alicyclic amines) is 1. The summed E-state index contributed by atoms with van der Waals surface area (Å²) in [5, 5.41) is -0.538. The molecule has 112 valence electrons. The number of sulfonamides is 1. The van der Waals surface area contributed by atoms with Crippen molar-refractivity contribution in [1.82, 2.24) is 9.21 Å². The zero-order valence-electron chi connectivity index (χ0n) is 12.3. The van der Waals surface area contributed by atoms with Gasteiger partial charge in [0.1, 0.15) is 5.60 Å². The van der Waals surface area contributed by atoms with Crippen LogP contribution in [0.5, 0.6) is 0 Å². The van der Waals surface area contributed by atoms with E-state index in [1.165, 1.54) is 23.3 Å². The predicted octanol–water partition coefficient (Wildman–Crippen LogP) is 1.28. The van der Waals surface area contributed by atoms with Crippen molar-refractivity contribution in [1.29, 1.82) is 0 Å². The minimum Gasteiger partial charge on any atom is -0.444 e. The number of ether oxygens (including phenoxy) is 1. The molecule has 1 heterocycles. The highest BCUT2D eigenvalue weighted by molar-refractivity contribution is 7.89. The SMILES string of the molecule is CN(C)S(=O)(=O)C1CCCN(C(=O)OC(C)(C)C)C1. The second-order valence-electron chi connectivity index (χ2n) is 6.02. The van der Waals surface area contributed by atoms with Crippen LogP contribution in [-0.2, 0) is 14.8 Å². The Morgan fingerprint density at radius 2 is 1.89 bits per heavy atom. The van der Waals surface area contributed by atoms with Crippen LogP contribution in [0.4, 0.5) is 4.79 Å². The van der Waals surface area contributed by atoms with E-state index in [2.05, 4.69) is 0 Å². The van der Waals surface area contributed by atoms with E-state index in [1.54, 1.807) is 20.8 Å². The summed E-state index contributed by atoms with van der Waals surface area (Å²) in [6, 6.07) is 0. The fourth-order valence-corrected chi connectivity index (χ4v) is 3.40. The number of rotatable bonds is 2. The molecule has 0 saturated carbocycles. The maximum Gasteiger partial charge on any atom is 0.410 e. The van der Waals surface area contributed by atoms with Gasteiger partial charge in [-0.3, -0.25) is 0 Å². The predicted molar refractivity (Wildman–Crippen MR) is 73.4 cm³/mol. The van der Waals surface area contributed by atoms with Gasteiger partial charge in [-0.1, -0.05) is 0 Å². The van der Waals surface area contributed by atoms with E-state index in [-0.39, 0.29) is 6.54 Å². The average molecular weight is 292 g/mol. The van der Waals surface area contributed by atoms with Crippen molar-refractivity contribution >= 4 is 16.1 Å². The lowest BCUT2D eigenvalue weighted by Crippen LogP contribution is -2.49. The topological polar surface area (TPSA) is 66.9 Å². The van der Waals surface area contributed by atoms with Crippen LogP contribution in [0.25, 0.3) is 0 Å². The third-order valence-electron chi connectivity index (χ3n) is 2.96. The third-order valence-corrected chi connectivity index (χ3v) is 5.21. The van der Waals surface area contributed by atoms with Crippen molar-refractivity contribution in [2.24, 2.45) is 0 Å². The van der Waals surface area contributed by atoms with Crippen molar-refractivity contribution in [3.05, 3.63) is 0 Å². The molecule has 1 fully saturated rings. The lowest BCUT2D eigenvalue weighted by molar-refractivity contribution is 0.0218. The first-order chi connectivity index (χ1) is 8.54. The van der Waals surface area contributed by atoms with Crippen molar-refractivity contribution in [2.75, 3.05) is 27.2 Å². The molecule has 1 aliphatic heterocycles. The smallest absolute Gasteiger partial charge is 0.410 e. The van der Waals surface area contributed by atoms with Crippen LogP contribution >= 0.6 is 0 Å². The molecule has 0 radical (unpaired) electrons. The molecule has 7 heteroatoms. The normalized spacial score (nSPS) is 21.6. The van der Waals surface area contributed by atoms with E-state index >= 15 is 0 Å². The quantitative estimate of drug-likeness (QED) is 0.769. The van der Waals surface area contributed by atoms with Gasteiger partial charge in [-0.2, -0.15) is 0 Å². The van der Waals surface area contributed by atoms with Crippen LogP contribution in [0.1, 0.15) is 33.6 Å². The van der Waals surface area contributed by atoms with Gasteiger partial charge < -0.3 is 9.64 Å². The summed E-state index contributed by atoms with van der Waals surface area (Å²) in [5.41, 5.74) is -0.565. The van der Waals surface area contributed by atoms with Crippen LogP contribution in [-0.4, -0.2) is 61.8 Å². The maximum atomic E-state index is 12.1. The Morgan fingerprint density at radius 1 is 1.32 bits per heavy atom. The van der Waals surface area contributed by atoms with Crippen molar-refractivity contribution in [2.45, 2.75) is 44.5 Å². The Hall–Kier alpha value is -0.820. The van der Waals surface area contributed by atoms with Gasteiger partial charge in [0, 0.05) is 27.2 Å². The second kappa shape index (κ2) is 5.66. The molecule has 1 rings (SSSR count). The molecule has 6 nitrogen and oxygen atoms in total. The maximum absolute atomic E-state index is 12.1. The number of nitrogens with zero attached hydrogens (tertiary/aromatic N) is 2. The van der Waals surface area contributed by atoms with Crippen LogP contribution in [0.3, 0.4) is 0 Å². The summed E-state index contributed by atoms with van der Waals surface area (Å²) in [6.45, 7) is 6.14. The van der Waals surface area contributed by atoms with E-state index in [4.69, 9.17) is 4.74 Å².